The SMILES string of the molecule is CNCc1ccc(S(=O)(=O)NC2CCCCC2(C)C)cc1. The first-order valence-electron chi connectivity index (χ1n) is 7.61. The molecule has 1 atom stereocenters. The van der Waals surface area contributed by atoms with Gasteiger partial charge in [0.25, 0.3) is 0 Å². The van der Waals surface area contributed by atoms with E-state index in [2.05, 4.69) is 23.9 Å². The molecule has 0 radical (unpaired) electrons. The molecular weight excluding hydrogens is 284 g/mol. The van der Waals surface area contributed by atoms with Gasteiger partial charge in [0.1, 0.15) is 0 Å². The first kappa shape index (κ1) is 16.5. The van der Waals surface area contributed by atoms with Gasteiger partial charge in [-0.15, -0.1) is 0 Å². The van der Waals surface area contributed by atoms with E-state index in [4.69, 9.17) is 0 Å². The quantitative estimate of drug-likeness (QED) is 0.879. The fourth-order valence-corrected chi connectivity index (χ4v) is 4.40. The fourth-order valence-electron chi connectivity index (χ4n) is 2.96. The van der Waals surface area contributed by atoms with E-state index >= 15 is 0 Å². The summed E-state index contributed by atoms with van der Waals surface area (Å²) in [6.45, 7) is 5.04. The molecule has 1 aliphatic carbocycles. The Bertz CT molecular complexity index is 564. The largest absolute Gasteiger partial charge is 0.316 e. The molecule has 0 aliphatic heterocycles. The molecule has 0 amide bonds. The Morgan fingerprint density at radius 3 is 2.43 bits per heavy atom. The monoisotopic (exact) mass is 310 g/mol. The van der Waals surface area contributed by atoms with Crippen LogP contribution in [0.15, 0.2) is 29.2 Å². The number of nitrogens with one attached hydrogen (secondary N) is 2. The van der Waals surface area contributed by atoms with E-state index < -0.39 is 10.0 Å². The number of benzene rings is 1. The van der Waals surface area contributed by atoms with Gasteiger partial charge in [-0.1, -0.05) is 38.8 Å². The summed E-state index contributed by atoms with van der Waals surface area (Å²) in [7, 11) is -1.56. The fraction of sp³-hybridized carbons (Fsp3) is 0.625. The first-order chi connectivity index (χ1) is 9.85. The zero-order valence-electron chi connectivity index (χ0n) is 13.1. The second kappa shape index (κ2) is 6.46. The molecular formula is C16H26N2O2S. The van der Waals surface area contributed by atoms with Crippen LogP contribution in [0.1, 0.15) is 45.1 Å². The van der Waals surface area contributed by atoms with Crippen molar-refractivity contribution >= 4 is 10.0 Å². The lowest BCUT2D eigenvalue weighted by Crippen LogP contribution is -2.46. The lowest BCUT2D eigenvalue weighted by Gasteiger charge is -2.38. The summed E-state index contributed by atoms with van der Waals surface area (Å²) in [5, 5.41) is 3.05. The van der Waals surface area contributed by atoms with E-state index in [-0.39, 0.29) is 11.5 Å². The molecule has 0 spiro atoms. The van der Waals surface area contributed by atoms with Crippen molar-refractivity contribution in [1.82, 2.24) is 10.0 Å². The zero-order valence-corrected chi connectivity index (χ0v) is 14.0. The van der Waals surface area contributed by atoms with Crippen LogP contribution in [0.3, 0.4) is 0 Å². The summed E-state index contributed by atoms with van der Waals surface area (Å²) in [5.41, 5.74) is 1.10. The highest BCUT2D eigenvalue weighted by molar-refractivity contribution is 7.89. The van der Waals surface area contributed by atoms with Gasteiger partial charge in [-0.25, -0.2) is 13.1 Å². The third-order valence-corrected chi connectivity index (χ3v) is 5.91. The van der Waals surface area contributed by atoms with Gasteiger partial charge in [0, 0.05) is 12.6 Å². The highest BCUT2D eigenvalue weighted by Crippen LogP contribution is 2.36. The molecule has 1 aromatic rings. The molecule has 1 aromatic carbocycles. The number of hydrogen-bond donors (Lipinski definition) is 2. The minimum atomic E-state index is -3.43. The van der Waals surface area contributed by atoms with Crippen LogP contribution in [-0.2, 0) is 16.6 Å². The van der Waals surface area contributed by atoms with E-state index in [1.807, 2.05) is 19.2 Å². The van der Waals surface area contributed by atoms with E-state index in [1.54, 1.807) is 12.1 Å². The Morgan fingerprint density at radius 2 is 1.86 bits per heavy atom. The third-order valence-electron chi connectivity index (χ3n) is 4.42. The average Bonchev–Trinajstić information content (AvgIpc) is 2.42. The van der Waals surface area contributed by atoms with Crippen LogP contribution in [0.5, 0.6) is 0 Å². The van der Waals surface area contributed by atoms with Gasteiger partial charge < -0.3 is 5.32 Å². The number of rotatable bonds is 5. The maximum atomic E-state index is 12.5. The van der Waals surface area contributed by atoms with Crippen LogP contribution in [0.25, 0.3) is 0 Å². The maximum absolute atomic E-state index is 12.5. The second-order valence-corrected chi connectivity index (χ2v) is 8.30. The zero-order chi connectivity index (χ0) is 15.5. The molecule has 21 heavy (non-hydrogen) atoms. The van der Waals surface area contributed by atoms with Crippen molar-refractivity contribution < 1.29 is 8.42 Å². The van der Waals surface area contributed by atoms with Gasteiger partial charge in [0.15, 0.2) is 0 Å². The molecule has 5 heteroatoms. The minimum absolute atomic E-state index is 0.0215. The molecule has 0 bridgehead atoms. The van der Waals surface area contributed by atoms with Crippen LogP contribution < -0.4 is 10.0 Å². The molecule has 0 heterocycles. The molecule has 1 fully saturated rings. The van der Waals surface area contributed by atoms with Gasteiger partial charge >= 0.3 is 0 Å². The van der Waals surface area contributed by atoms with Gasteiger partial charge in [-0.05, 0) is 43.0 Å². The van der Waals surface area contributed by atoms with Crippen LogP contribution in [-0.4, -0.2) is 21.5 Å². The number of sulfonamides is 1. The van der Waals surface area contributed by atoms with Gasteiger partial charge in [-0.2, -0.15) is 0 Å². The van der Waals surface area contributed by atoms with Crippen molar-refractivity contribution in [2.75, 3.05) is 7.05 Å². The maximum Gasteiger partial charge on any atom is 0.240 e. The van der Waals surface area contributed by atoms with Crippen molar-refractivity contribution in [3.05, 3.63) is 29.8 Å². The standard InChI is InChI=1S/C16H26N2O2S/c1-16(2)11-5-4-6-15(16)18-21(19,20)14-9-7-13(8-10-14)12-17-3/h7-10,15,17-18H,4-6,11-12H2,1-3H3. The Balaban J connectivity index is 2.14. The van der Waals surface area contributed by atoms with Crippen molar-refractivity contribution in [3.63, 3.8) is 0 Å². The van der Waals surface area contributed by atoms with Gasteiger partial charge in [0.05, 0.1) is 4.90 Å². The first-order valence-corrected chi connectivity index (χ1v) is 9.09. The van der Waals surface area contributed by atoms with Gasteiger partial charge in [-0.3, -0.25) is 0 Å². The molecule has 2 N–H and O–H groups in total. The molecule has 0 saturated heterocycles. The van der Waals surface area contributed by atoms with E-state index in [0.717, 1.165) is 31.4 Å². The van der Waals surface area contributed by atoms with Crippen molar-refractivity contribution in [1.29, 1.82) is 0 Å². The second-order valence-electron chi connectivity index (χ2n) is 6.58. The summed E-state index contributed by atoms with van der Waals surface area (Å²) in [5.74, 6) is 0. The predicted octanol–water partition coefficient (Wildman–Crippen LogP) is 2.65. The van der Waals surface area contributed by atoms with Crippen LogP contribution in [0.4, 0.5) is 0 Å². The molecule has 1 aliphatic rings. The van der Waals surface area contributed by atoms with E-state index in [1.165, 1.54) is 6.42 Å². The normalized spacial score (nSPS) is 22.1. The Morgan fingerprint density at radius 1 is 1.19 bits per heavy atom. The molecule has 2 rings (SSSR count). The molecule has 1 unspecified atom stereocenters. The highest BCUT2D eigenvalue weighted by Gasteiger charge is 2.35. The van der Waals surface area contributed by atoms with Crippen molar-refractivity contribution in [2.24, 2.45) is 5.41 Å². The van der Waals surface area contributed by atoms with E-state index in [9.17, 15) is 8.42 Å². The predicted molar refractivity (Wildman–Crippen MR) is 85.6 cm³/mol. The van der Waals surface area contributed by atoms with Crippen LogP contribution in [0, 0.1) is 5.41 Å². The average molecular weight is 310 g/mol. The Kier molecular flexibility index (Phi) is 5.07. The minimum Gasteiger partial charge on any atom is -0.316 e. The summed E-state index contributed by atoms with van der Waals surface area (Å²) < 4.78 is 28.0. The third kappa shape index (κ3) is 4.05. The highest BCUT2D eigenvalue weighted by atomic mass is 32.2. The summed E-state index contributed by atoms with van der Waals surface area (Å²) in [4.78, 5) is 0.351. The van der Waals surface area contributed by atoms with E-state index in [0.29, 0.717) is 4.90 Å². The lowest BCUT2D eigenvalue weighted by molar-refractivity contribution is 0.188. The Hall–Kier alpha value is -0.910. The molecule has 0 aromatic heterocycles. The Labute approximate surface area is 128 Å². The topological polar surface area (TPSA) is 58.2 Å². The summed E-state index contributed by atoms with van der Waals surface area (Å²) in [6.07, 6.45) is 4.27. The van der Waals surface area contributed by atoms with Gasteiger partial charge in [0.2, 0.25) is 10.0 Å². The lowest BCUT2D eigenvalue weighted by atomic mass is 9.74. The van der Waals surface area contributed by atoms with Crippen LogP contribution >= 0.6 is 0 Å². The molecule has 4 nitrogen and oxygen atoms in total. The van der Waals surface area contributed by atoms with Crippen molar-refractivity contribution in [3.8, 4) is 0 Å². The summed E-state index contributed by atoms with van der Waals surface area (Å²) in [6, 6.07) is 7.11. The van der Waals surface area contributed by atoms with Crippen molar-refractivity contribution in [2.45, 2.75) is 57.0 Å². The van der Waals surface area contributed by atoms with Crippen LogP contribution in [0.2, 0.25) is 0 Å². The smallest absolute Gasteiger partial charge is 0.240 e. The molecule has 118 valence electrons. The summed E-state index contributed by atoms with van der Waals surface area (Å²) >= 11 is 0. The number of hydrogen-bond acceptors (Lipinski definition) is 3. The molecule has 1 saturated carbocycles.